The summed E-state index contributed by atoms with van der Waals surface area (Å²) in [5.41, 5.74) is 1.84. The molecule has 1 atom stereocenters. The minimum atomic E-state index is -0.332. The topological polar surface area (TPSA) is 61.6 Å². The van der Waals surface area contributed by atoms with Gasteiger partial charge in [0.15, 0.2) is 0 Å². The van der Waals surface area contributed by atoms with Crippen molar-refractivity contribution in [1.29, 1.82) is 0 Å². The number of anilines is 2. The Morgan fingerprint density at radius 2 is 2.24 bits per heavy atom. The zero-order valence-electron chi connectivity index (χ0n) is 13.0. The van der Waals surface area contributed by atoms with Crippen molar-refractivity contribution in [2.45, 2.75) is 13.3 Å². The second-order valence-electron chi connectivity index (χ2n) is 5.82. The van der Waals surface area contributed by atoms with Crippen LogP contribution >= 0.6 is 0 Å². The van der Waals surface area contributed by atoms with Crippen LogP contribution in [0.3, 0.4) is 0 Å². The van der Waals surface area contributed by atoms with Crippen molar-refractivity contribution >= 4 is 17.1 Å². The molecule has 0 radical (unpaired) electrons. The van der Waals surface area contributed by atoms with Gasteiger partial charge in [0.2, 0.25) is 0 Å². The van der Waals surface area contributed by atoms with Crippen LogP contribution < -0.4 is 10.2 Å². The van der Waals surface area contributed by atoms with Gasteiger partial charge in [-0.25, -0.2) is 0 Å². The van der Waals surface area contributed by atoms with Gasteiger partial charge in [-0.3, -0.25) is 10.1 Å². The van der Waals surface area contributed by atoms with Crippen LogP contribution in [0.4, 0.5) is 17.1 Å². The fourth-order valence-corrected chi connectivity index (χ4v) is 2.90. The average molecular weight is 292 g/mol. The minimum Gasteiger partial charge on any atom is -0.385 e. The summed E-state index contributed by atoms with van der Waals surface area (Å²) in [5.74, 6) is 0.627. The summed E-state index contributed by atoms with van der Waals surface area (Å²) in [4.78, 5) is 15.2. The van der Waals surface area contributed by atoms with Crippen LogP contribution in [0.1, 0.15) is 13.3 Å². The fourth-order valence-electron chi connectivity index (χ4n) is 2.90. The number of likely N-dealkylation sites (tertiary alicyclic amines) is 1. The quantitative estimate of drug-likeness (QED) is 0.644. The van der Waals surface area contributed by atoms with Crippen LogP contribution in [0.25, 0.3) is 0 Å². The Bertz CT molecular complexity index is 506. The summed E-state index contributed by atoms with van der Waals surface area (Å²) in [6.45, 7) is 5.89. The van der Waals surface area contributed by atoms with Gasteiger partial charge in [-0.2, -0.15) is 0 Å². The van der Waals surface area contributed by atoms with Crippen LogP contribution in [0.15, 0.2) is 18.2 Å². The van der Waals surface area contributed by atoms with Gasteiger partial charge in [-0.15, -0.1) is 0 Å². The van der Waals surface area contributed by atoms with Gasteiger partial charge in [0.25, 0.3) is 5.69 Å². The number of hydrogen-bond donors (Lipinski definition) is 1. The number of nitro benzene ring substituents is 1. The number of nitro groups is 1. The Kier molecular flexibility index (Phi) is 5.01. The molecule has 0 aromatic heterocycles. The zero-order chi connectivity index (χ0) is 15.4. The van der Waals surface area contributed by atoms with E-state index in [1.54, 1.807) is 12.1 Å². The maximum Gasteiger partial charge on any atom is 0.273 e. The van der Waals surface area contributed by atoms with E-state index in [4.69, 9.17) is 0 Å². The average Bonchev–Trinajstić information content (AvgIpc) is 2.84. The van der Waals surface area contributed by atoms with E-state index in [2.05, 4.69) is 22.2 Å². The number of nitrogens with zero attached hydrogens (tertiary/aromatic N) is 3. The molecule has 0 saturated carbocycles. The second-order valence-corrected chi connectivity index (χ2v) is 5.82. The standard InChI is InChI=1S/C15H24N4O2/c1-4-16-13-7-14(9-15(8-13)19(20)21)18(3)11-12-5-6-17(2)10-12/h7-9,12,16H,4-6,10-11H2,1-3H3. The first-order valence-electron chi connectivity index (χ1n) is 7.42. The van der Waals surface area contributed by atoms with Crippen molar-refractivity contribution in [2.75, 3.05) is 50.5 Å². The number of non-ortho nitro benzene ring substituents is 1. The molecule has 1 unspecified atom stereocenters. The molecular formula is C15H24N4O2. The van der Waals surface area contributed by atoms with E-state index in [-0.39, 0.29) is 10.6 Å². The van der Waals surface area contributed by atoms with E-state index in [1.165, 1.54) is 6.42 Å². The van der Waals surface area contributed by atoms with Gasteiger partial charge in [0.05, 0.1) is 4.92 Å². The lowest BCUT2D eigenvalue weighted by molar-refractivity contribution is -0.384. The molecule has 1 aliphatic heterocycles. The number of nitrogens with one attached hydrogen (secondary N) is 1. The van der Waals surface area contributed by atoms with Gasteiger partial charge < -0.3 is 15.1 Å². The SMILES string of the molecule is CCNc1cc(N(C)CC2CCN(C)C2)cc([N+](=O)[O-])c1. The molecule has 0 amide bonds. The largest absolute Gasteiger partial charge is 0.385 e. The highest BCUT2D eigenvalue weighted by atomic mass is 16.6. The summed E-state index contributed by atoms with van der Waals surface area (Å²) in [6, 6.07) is 5.22. The molecule has 1 heterocycles. The van der Waals surface area contributed by atoms with Crippen LogP contribution in [0, 0.1) is 16.0 Å². The minimum absolute atomic E-state index is 0.138. The first kappa shape index (κ1) is 15.6. The van der Waals surface area contributed by atoms with E-state index >= 15 is 0 Å². The van der Waals surface area contributed by atoms with Gasteiger partial charge in [-0.1, -0.05) is 0 Å². The summed E-state index contributed by atoms with van der Waals surface area (Å²) < 4.78 is 0. The molecule has 1 aromatic carbocycles. The van der Waals surface area contributed by atoms with Gasteiger partial charge in [0.1, 0.15) is 0 Å². The van der Waals surface area contributed by atoms with Crippen molar-refractivity contribution in [3.8, 4) is 0 Å². The second kappa shape index (κ2) is 6.76. The smallest absolute Gasteiger partial charge is 0.273 e. The molecule has 0 aliphatic carbocycles. The molecule has 1 aromatic rings. The molecule has 2 rings (SSSR count). The molecule has 0 spiro atoms. The molecule has 1 saturated heterocycles. The zero-order valence-corrected chi connectivity index (χ0v) is 13.0. The third-order valence-corrected chi connectivity index (χ3v) is 3.96. The molecule has 1 aliphatic rings. The van der Waals surface area contributed by atoms with E-state index in [9.17, 15) is 10.1 Å². The van der Waals surface area contributed by atoms with Crippen molar-refractivity contribution in [1.82, 2.24) is 4.90 Å². The molecular weight excluding hydrogens is 268 g/mol. The summed E-state index contributed by atoms with van der Waals surface area (Å²) in [5, 5.41) is 14.2. The Labute approximate surface area is 125 Å². The van der Waals surface area contributed by atoms with Crippen LogP contribution in [-0.2, 0) is 0 Å². The van der Waals surface area contributed by atoms with Crippen molar-refractivity contribution in [2.24, 2.45) is 5.92 Å². The molecule has 1 fully saturated rings. The number of benzene rings is 1. The van der Waals surface area contributed by atoms with E-state index in [1.807, 2.05) is 20.0 Å². The monoisotopic (exact) mass is 292 g/mol. The molecule has 0 bridgehead atoms. The van der Waals surface area contributed by atoms with Crippen LogP contribution in [0.2, 0.25) is 0 Å². The maximum atomic E-state index is 11.1. The lowest BCUT2D eigenvalue weighted by Crippen LogP contribution is -2.27. The highest BCUT2D eigenvalue weighted by Crippen LogP contribution is 2.28. The lowest BCUT2D eigenvalue weighted by atomic mass is 10.1. The summed E-state index contributed by atoms with van der Waals surface area (Å²) >= 11 is 0. The Morgan fingerprint density at radius 1 is 1.48 bits per heavy atom. The highest BCUT2D eigenvalue weighted by Gasteiger charge is 2.21. The summed E-state index contributed by atoms with van der Waals surface area (Å²) in [7, 11) is 4.14. The normalized spacial score (nSPS) is 18.7. The van der Waals surface area contributed by atoms with E-state index in [0.29, 0.717) is 5.92 Å². The fraction of sp³-hybridized carbons (Fsp3) is 0.600. The first-order valence-corrected chi connectivity index (χ1v) is 7.42. The van der Waals surface area contributed by atoms with Crippen LogP contribution in [-0.4, -0.2) is 50.1 Å². The van der Waals surface area contributed by atoms with Crippen LogP contribution in [0.5, 0.6) is 0 Å². The number of hydrogen-bond acceptors (Lipinski definition) is 5. The predicted molar refractivity (Wildman–Crippen MR) is 86.1 cm³/mol. The molecule has 1 N–H and O–H groups in total. The van der Waals surface area contributed by atoms with Gasteiger partial charge >= 0.3 is 0 Å². The Balaban J connectivity index is 2.14. The molecule has 116 valence electrons. The highest BCUT2D eigenvalue weighted by molar-refractivity contribution is 5.64. The lowest BCUT2D eigenvalue weighted by Gasteiger charge is -2.23. The van der Waals surface area contributed by atoms with Crippen molar-refractivity contribution < 1.29 is 4.92 Å². The van der Waals surface area contributed by atoms with Gasteiger partial charge in [0, 0.05) is 50.2 Å². The maximum absolute atomic E-state index is 11.1. The number of rotatable bonds is 6. The van der Waals surface area contributed by atoms with E-state index < -0.39 is 0 Å². The van der Waals surface area contributed by atoms with Gasteiger partial charge in [-0.05, 0) is 38.9 Å². The predicted octanol–water partition coefficient (Wildman–Crippen LogP) is 2.41. The molecule has 6 heteroatoms. The van der Waals surface area contributed by atoms with Crippen molar-refractivity contribution in [3.05, 3.63) is 28.3 Å². The molecule has 6 nitrogen and oxygen atoms in total. The first-order chi connectivity index (χ1) is 9.99. The third-order valence-electron chi connectivity index (χ3n) is 3.96. The Morgan fingerprint density at radius 3 is 2.81 bits per heavy atom. The van der Waals surface area contributed by atoms with E-state index in [0.717, 1.165) is 37.6 Å². The third kappa shape index (κ3) is 4.07. The Hall–Kier alpha value is -1.82. The molecule has 21 heavy (non-hydrogen) atoms. The van der Waals surface area contributed by atoms with Crippen molar-refractivity contribution in [3.63, 3.8) is 0 Å². The summed E-state index contributed by atoms with van der Waals surface area (Å²) in [6.07, 6.45) is 1.19.